The molecule has 1 unspecified atom stereocenters. The second-order valence-electron chi connectivity index (χ2n) is 9.03. The van der Waals surface area contributed by atoms with E-state index in [4.69, 9.17) is 9.47 Å². The molecule has 0 bridgehead atoms. The van der Waals surface area contributed by atoms with Crippen LogP contribution in [-0.4, -0.2) is 37.1 Å². The van der Waals surface area contributed by atoms with E-state index in [1.165, 1.54) is 12.1 Å². The van der Waals surface area contributed by atoms with Crippen LogP contribution < -0.4 is 10.1 Å². The van der Waals surface area contributed by atoms with E-state index in [-0.39, 0.29) is 28.6 Å². The molecule has 1 heterocycles. The van der Waals surface area contributed by atoms with E-state index in [0.717, 1.165) is 42.7 Å². The molecule has 0 radical (unpaired) electrons. The van der Waals surface area contributed by atoms with E-state index in [0.29, 0.717) is 24.6 Å². The maximum Gasteiger partial charge on any atom is 0.311 e. The number of amides is 1. The topological polar surface area (TPSA) is 112 Å². The fraction of sp³-hybridized carbons (Fsp3) is 0.370. The van der Waals surface area contributed by atoms with Crippen molar-refractivity contribution < 1.29 is 36.3 Å². The molecule has 2 aromatic carbocycles. The third kappa shape index (κ3) is 6.99. The van der Waals surface area contributed by atoms with Crippen LogP contribution in [0.2, 0.25) is 0 Å². The summed E-state index contributed by atoms with van der Waals surface area (Å²) in [6, 6.07) is 8.57. The van der Waals surface area contributed by atoms with Crippen molar-refractivity contribution in [3.05, 3.63) is 70.7 Å². The number of carbonyl (C=O) groups excluding carboxylic acids is 2. The zero-order chi connectivity index (χ0) is 28.0. The van der Waals surface area contributed by atoms with Crippen molar-refractivity contribution in [1.29, 1.82) is 0 Å². The smallest absolute Gasteiger partial charge is 0.311 e. The molecule has 3 aromatic rings. The molecule has 1 aromatic heterocycles. The second kappa shape index (κ2) is 12.6. The molecule has 1 N–H and O–H groups in total. The van der Waals surface area contributed by atoms with Gasteiger partial charge in [0.2, 0.25) is 6.10 Å². The van der Waals surface area contributed by atoms with Crippen LogP contribution in [0.4, 0.5) is 13.9 Å². The van der Waals surface area contributed by atoms with Crippen molar-refractivity contribution in [3.63, 3.8) is 0 Å². The predicted molar refractivity (Wildman–Crippen MR) is 141 cm³/mol. The Hall–Kier alpha value is -3.38. The van der Waals surface area contributed by atoms with Crippen molar-refractivity contribution in [2.75, 3.05) is 11.9 Å². The minimum absolute atomic E-state index is 0.0209. The molecule has 1 aliphatic carbocycles. The molecular formula is C27H28F2N2O6S2. The molecule has 1 amide bonds. The Morgan fingerprint density at radius 2 is 1.87 bits per heavy atom. The van der Waals surface area contributed by atoms with Gasteiger partial charge in [0, 0.05) is 17.0 Å². The summed E-state index contributed by atoms with van der Waals surface area (Å²) in [6.07, 6.45) is 1.82. The van der Waals surface area contributed by atoms with Crippen molar-refractivity contribution in [2.45, 2.75) is 61.7 Å². The van der Waals surface area contributed by atoms with E-state index < -0.39 is 50.5 Å². The Kier molecular flexibility index (Phi) is 9.28. The fourth-order valence-corrected chi connectivity index (χ4v) is 7.24. The first kappa shape index (κ1) is 28.6. The summed E-state index contributed by atoms with van der Waals surface area (Å²) in [7, 11) is -3.85. The first-order chi connectivity index (χ1) is 18.7. The third-order valence-electron chi connectivity index (χ3n) is 6.29. The van der Waals surface area contributed by atoms with Gasteiger partial charge in [0.25, 0.3) is 5.91 Å². The van der Waals surface area contributed by atoms with Crippen LogP contribution in [0.15, 0.2) is 52.7 Å². The molecule has 12 heteroatoms. The molecule has 1 saturated carbocycles. The highest BCUT2D eigenvalue weighted by Gasteiger charge is 2.35. The normalized spacial score (nSPS) is 14.9. The maximum atomic E-state index is 14.6. The largest absolute Gasteiger partial charge is 0.473 e. The summed E-state index contributed by atoms with van der Waals surface area (Å²) in [6.45, 7) is 1.90. The number of aromatic nitrogens is 1. The van der Waals surface area contributed by atoms with Crippen molar-refractivity contribution in [3.8, 4) is 5.75 Å². The van der Waals surface area contributed by atoms with Crippen LogP contribution in [0.3, 0.4) is 0 Å². The molecular weight excluding hydrogens is 550 g/mol. The molecule has 0 saturated heterocycles. The lowest BCUT2D eigenvalue weighted by molar-refractivity contribution is -0.142. The van der Waals surface area contributed by atoms with E-state index in [1.54, 1.807) is 24.4 Å². The van der Waals surface area contributed by atoms with Gasteiger partial charge in [0.15, 0.2) is 26.5 Å². The number of halogens is 2. The van der Waals surface area contributed by atoms with Gasteiger partial charge < -0.3 is 9.47 Å². The zero-order valence-electron chi connectivity index (χ0n) is 21.2. The lowest BCUT2D eigenvalue weighted by atomic mass is 10.0. The standard InChI is InChI=1S/C27H28F2N2O6S2/c1-2-36-24(32)15-18-16-38-27(30-18)31-26(33)25(37-22-13-12-17(28)14-21(22)29)20-10-6-7-11-23(20)39(34,35)19-8-4-3-5-9-19/h6-7,10-14,16,19,25H,2-5,8-9,15H2,1H3,(H,30,31,33). The third-order valence-corrected chi connectivity index (χ3v) is 9.43. The molecule has 1 fully saturated rings. The SMILES string of the molecule is CCOC(=O)Cc1csc(NC(=O)C(Oc2ccc(F)cc2F)c2ccccc2S(=O)(=O)C2CCCCC2)n1. The van der Waals surface area contributed by atoms with Crippen LogP contribution in [0.1, 0.15) is 56.4 Å². The average Bonchev–Trinajstić information content (AvgIpc) is 3.35. The lowest BCUT2D eigenvalue weighted by Crippen LogP contribution is -2.30. The summed E-state index contributed by atoms with van der Waals surface area (Å²) >= 11 is 1.05. The van der Waals surface area contributed by atoms with Gasteiger partial charge in [-0.2, -0.15) is 0 Å². The number of thiazole rings is 1. The summed E-state index contributed by atoms with van der Waals surface area (Å²) < 4.78 is 66.0. The zero-order valence-corrected chi connectivity index (χ0v) is 22.8. The first-order valence-electron chi connectivity index (χ1n) is 12.5. The summed E-state index contributed by atoms with van der Waals surface area (Å²) in [5, 5.41) is 3.67. The number of ether oxygens (including phenoxy) is 2. The van der Waals surface area contributed by atoms with Crippen molar-refractivity contribution in [2.24, 2.45) is 0 Å². The van der Waals surface area contributed by atoms with Gasteiger partial charge in [-0.25, -0.2) is 22.2 Å². The maximum absolute atomic E-state index is 14.6. The minimum atomic E-state index is -3.85. The summed E-state index contributed by atoms with van der Waals surface area (Å²) in [4.78, 5) is 29.4. The Bertz CT molecular complexity index is 1440. The van der Waals surface area contributed by atoms with Gasteiger partial charge in [0.05, 0.1) is 28.9 Å². The molecule has 0 spiro atoms. The number of nitrogens with one attached hydrogen (secondary N) is 1. The molecule has 1 atom stereocenters. The van der Waals surface area contributed by atoms with Gasteiger partial charge in [-0.05, 0) is 38.0 Å². The van der Waals surface area contributed by atoms with Gasteiger partial charge in [0.1, 0.15) is 5.82 Å². The van der Waals surface area contributed by atoms with Crippen LogP contribution in [-0.2, 0) is 30.6 Å². The van der Waals surface area contributed by atoms with E-state index in [1.807, 2.05) is 0 Å². The van der Waals surface area contributed by atoms with Gasteiger partial charge in [-0.15, -0.1) is 11.3 Å². The van der Waals surface area contributed by atoms with Gasteiger partial charge >= 0.3 is 5.97 Å². The number of esters is 1. The molecule has 1 aliphatic rings. The van der Waals surface area contributed by atoms with Crippen molar-refractivity contribution in [1.82, 2.24) is 4.98 Å². The highest BCUT2D eigenvalue weighted by atomic mass is 32.2. The highest BCUT2D eigenvalue weighted by molar-refractivity contribution is 7.92. The molecule has 4 rings (SSSR count). The van der Waals surface area contributed by atoms with Crippen molar-refractivity contribution >= 4 is 38.2 Å². The number of hydrogen-bond donors (Lipinski definition) is 1. The van der Waals surface area contributed by atoms with Gasteiger partial charge in [-0.3, -0.25) is 14.9 Å². The van der Waals surface area contributed by atoms with E-state index >= 15 is 0 Å². The second-order valence-corrected chi connectivity index (χ2v) is 12.1. The van der Waals surface area contributed by atoms with Crippen LogP contribution >= 0.6 is 11.3 Å². The highest BCUT2D eigenvalue weighted by Crippen LogP contribution is 2.35. The number of hydrogen-bond acceptors (Lipinski definition) is 8. The summed E-state index contributed by atoms with van der Waals surface area (Å²) in [5.41, 5.74) is 0.392. The van der Waals surface area contributed by atoms with Gasteiger partial charge in [-0.1, -0.05) is 37.5 Å². The van der Waals surface area contributed by atoms with E-state index in [2.05, 4.69) is 10.3 Å². The Morgan fingerprint density at radius 1 is 1.13 bits per heavy atom. The molecule has 208 valence electrons. The Morgan fingerprint density at radius 3 is 2.59 bits per heavy atom. The van der Waals surface area contributed by atoms with Crippen LogP contribution in [0.25, 0.3) is 0 Å². The summed E-state index contributed by atoms with van der Waals surface area (Å²) in [5.74, 6) is -3.61. The molecule has 0 aliphatic heterocycles. The predicted octanol–water partition coefficient (Wildman–Crippen LogP) is 5.39. The molecule has 39 heavy (non-hydrogen) atoms. The Balaban J connectivity index is 1.68. The monoisotopic (exact) mass is 578 g/mol. The van der Waals surface area contributed by atoms with E-state index in [9.17, 15) is 26.8 Å². The number of carbonyl (C=O) groups is 2. The Labute approximate surface area is 229 Å². The van der Waals surface area contributed by atoms with Crippen LogP contribution in [0.5, 0.6) is 5.75 Å². The quantitative estimate of drug-likeness (QED) is 0.321. The number of sulfone groups is 1. The number of rotatable bonds is 10. The van der Waals surface area contributed by atoms with Crippen LogP contribution in [0, 0.1) is 11.6 Å². The number of benzene rings is 2. The molecule has 8 nitrogen and oxygen atoms in total. The fourth-order valence-electron chi connectivity index (χ4n) is 4.44. The first-order valence-corrected chi connectivity index (χ1v) is 15.0. The lowest BCUT2D eigenvalue weighted by Gasteiger charge is -2.25. The average molecular weight is 579 g/mol. The number of anilines is 1. The minimum Gasteiger partial charge on any atom is -0.473 e. The number of nitrogens with zero attached hydrogens (tertiary/aromatic N) is 1.